The molecule has 0 bridgehead atoms. The average Bonchev–Trinajstić information content (AvgIpc) is 3.71. The second-order valence-corrected chi connectivity index (χ2v) is 16.5. The van der Waals surface area contributed by atoms with Crippen LogP contribution in [-0.4, -0.2) is 4.57 Å². The summed E-state index contributed by atoms with van der Waals surface area (Å²) in [6.45, 7) is 0. The van der Waals surface area contributed by atoms with Crippen molar-refractivity contribution in [3.8, 4) is 50.2 Å². The minimum absolute atomic E-state index is 1.07. The quantitative estimate of drug-likeness (QED) is 0.148. The fourth-order valence-corrected chi connectivity index (χ4v) is 9.72. The van der Waals surface area contributed by atoms with E-state index >= 15 is 0 Å². The molecule has 0 fully saturated rings. The summed E-state index contributed by atoms with van der Waals surface area (Å²) in [6.07, 6.45) is 0. The Morgan fingerprint density at radius 1 is 0.266 bits per heavy atom. The van der Waals surface area contributed by atoms with Gasteiger partial charge in [0.2, 0.25) is 0 Å². The van der Waals surface area contributed by atoms with Crippen LogP contribution in [0.5, 0.6) is 0 Å². The summed E-state index contributed by atoms with van der Waals surface area (Å²) in [5.41, 5.74) is 16.3. The van der Waals surface area contributed by atoms with Gasteiger partial charge in [0, 0.05) is 33.4 Å². The Morgan fingerprint density at radius 2 is 0.688 bits per heavy atom. The molecule has 0 saturated heterocycles. The minimum atomic E-state index is 1.07. The van der Waals surface area contributed by atoms with Crippen LogP contribution < -0.4 is 4.90 Å². The van der Waals surface area contributed by atoms with Crippen LogP contribution in [0.4, 0.5) is 17.1 Å². The van der Waals surface area contributed by atoms with Crippen molar-refractivity contribution in [3.63, 3.8) is 0 Å². The van der Waals surface area contributed by atoms with Crippen molar-refractivity contribution in [1.82, 2.24) is 4.57 Å². The van der Waals surface area contributed by atoms with E-state index in [1.54, 1.807) is 0 Å². The molecule has 0 atom stereocenters. The molecule has 0 aliphatic heterocycles. The highest BCUT2D eigenvalue weighted by molar-refractivity contribution is 6.09. The molecule has 0 aliphatic rings. The lowest BCUT2D eigenvalue weighted by Crippen LogP contribution is -2.12. The van der Waals surface area contributed by atoms with Crippen LogP contribution in [-0.2, 0) is 0 Å². The summed E-state index contributed by atoms with van der Waals surface area (Å²) in [6, 6.07) is 92.8. The minimum Gasteiger partial charge on any atom is -0.310 e. The van der Waals surface area contributed by atoms with E-state index < -0.39 is 0 Å². The Bertz CT molecular complexity index is 3570. The monoisotopic (exact) mass is 814 g/mol. The van der Waals surface area contributed by atoms with Crippen LogP contribution in [0.15, 0.2) is 255 Å². The number of anilines is 3. The molecule has 300 valence electrons. The third-order valence-corrected chi connectivity index (χ3v) is 12.8. The van der Waals surface area contributed by atoms with Gasteiger partial charge < -0.3 is 9.47 Å². The van der Waals surface area contributed by atoms with Crippen molar-refractivity contribution in [2.45, 2.75) is 0 Å². The van der Waals surface area contributed by atoms with Gasteiger partial charge in [0.25, 0.3) is 0 Å². The van der Waals surface area contributed by atoms with E-state index in [0.717, 1.165) is 33.9 Å². The molecule has 64 heavy (non-hydrogen) atoms. The highest BCUT2D eigenvalue weighted by Gasteiger charge is 2.21. The Morgan fingerprint density at radius 3 is 1.28 bits per heavy atom. The summed E-state index contributed by atoms with van der Waals surface area (Å²) >= 11 is 0. The molecule has 0 N–H and O–H groups in total. The number of hydrogen-bond donors (Lipinski definition) is 0. The van der Waals surface area contributed by atoms with Gasteiger partial charge >= 0.3 is 0 Å². The number of para-hydroxylation sites is 2. The van der Waals surface area contributed by atoms with Gasteiger partial charge in [-0.1, -0.05) is 200 Å². The predicted molar refractivity (Wildman–Crippen MR) is 272 cm³/mol. The lowest BCUT2D eigenvalue weighted by molar-refractivity contribution is 1.17. The molecule has 12 rings (SSSR count). The molecule has 0 spiro atoms. The molecule has 0 aliphatic carbocycles. The zero-order valence-electron chi connectivity index (χ0n) is 35.1. The maximum atomic E-state index is 2.45. The van der Waals surface area contributed by atoms with Crippen LogP contribution >= 0.6 is 0 Å². The van der Waals surface area contributed by atoms with Crippen molar-refractivity contribution >= 4 is 60.4 Å². The van der Waals surface area contributed by atoms with E-state index in [0.29, 0.717) is 0 Å². The van der Waals surface area contributed by atoms with Crippen LogP contribution in [0.1, 0.15) is 0 Å². The second kappa shape index (κ2) is 15.8. The molecule has 0 unspecified atom stereocenters. The first kappa shape index (κ1) is 37.3. The number of rotatable bonds is 8. The predicted octanol–water partition coefficient (Wildman–Crippen LogP) is 17.2. The van der Waals surface area contributed by atoms with Crippen molar-refractivity contribution < 1.29 is 0 Å². The van der Waals surface area contributed by atoms with Crippen LogP contribution in [0.2, 0.25) is 0 Å². The maximum Gasteiger partial charge on any atom is 0.0546 e. The van der Waals surface area contributed by atoms with E-state index in [1.165, 1.54) is 76.7 Å². The Balaban J connectivity index is 1.06. The van der Waals surface area contributed by atoms with E-state index in [9.17, 15) is 0 Å². The highest BCUT2D eigenvalue weighted by atomic mass is 15.1. The number of fused-ring (bicyclic) bond motifs is 5. The Kier molecular flexibility index (Phi) is 9.20. The van der Waals surface area contributed by atoms with Crippen molar-refractivity contribution in [2.75, 3.05) is 4.90 Å². The maximum absolute atomic E-state index is 2.45. The highest BCUT2D eigenvalue weighted by Crippen LogP contribution is 2.46. The third-order valence-electron chi connectivity index (χ3n) is 12.8. The zero-order valence-corrected chi connectivity index (χ0v) is 35.1. The van der Waals surface area contributed by atoms with E-state index in [2.05, 4.69) is 264 Å². The molecular formula is C62H42N2. The topological polar surface area (TPSA) is 8.17 Å². The first-order chi connectivity index (χ1) is 31.7. The fraction of sp³-hybridized carbons (Fsp3) is 0. The van der Waals surface area contributed by atoms with Crippen molar-refractivity contribution in [3.05, 3.63) is 255 Å². The third kappa shape index (κ3) is 6.52. The van der Waals surface area contributed by atoms with E-state index in [-0.39, 0.29) is 0 Å². The first-order valence-corrected chi connectivity index (χ1v) is 22.0. The second-order valence-electron chi connectivity index (χ2n) is 16.5. The molecule has 0 radical (unpaired) electrons. The molecule has 1 aromatic heterocycles. The van der Waals surface area contributed by atoms with Gasteiger partial charge in [-0.05, 0) is 115 Å². The number of hydrogen-bond acceptors (Lipinski definition) is 1. The summed E-state index contributed by atoms with van der Waals surface area (Å²) in [7, 11) is 0. The standard InChI is InChI=1S/C62H42N2/c1-2-14-43(15-3-1)44-28-30-45(31-29-44)46-32-35-50(36-33-46)63(51-37-39-52(40-38-51)64-60-26-10-8-22-57(60)58-23-9-11-27-61(58)64)62-42-49(55-24-12-18-47-16-4-6-20-53(47)55)34-41-59(62)56-25-13-19-48-17-5-7-21-54(48)56/h1-42H. The summed E-state index contributed by atoms with van der Waals surface area (Å²) in [5.74, 6) is 0. The van der Waals surface area contributed by atoms with Gasteiger partial charge in [0.1, 0.15) is 0 Å². The van der Waals surface area contributed by atoms with Crippen molar-refractivity contribution in [1.29, 1.82) is 0 Å². The zero-order chi connectivity index (χ0) is 42.4. The Labute approximate surface area is 373 Å². The molecule has 12 aromatic rings. The number of benzene rings is 11. The molecule has 0 saturated carbocycles. The lowest BCUT2D eigenvalue weighted by atomic mass is 9.92. The van der Waals surface area contributed by atoms with E-state index in [4.69, 9.17) is 0 Å². The summed E-state index contributed by atoms with van der Waals surface area (Å²) in [4.78, 5) is 2.45. The molecule has 1 heterocycles. The van der Waals surface area contributed by atoms with Gasteiger partial charge in [-0.15, -0.1) is 0 Å². The van der Waals surface area contributed by atoms with Gasteiger partial charge in [0.15, 0.2) is 0 Å². The molecule has 2 heteroatoms. The molecule has 11 aromatic carbocycles. The summed E-state index contributed by atoms with van der Waals surface area (Å²) in [5, 5.41) is 7.41. The first-order valence-electron chi connectivity index (χ1n) is 22.0. The lowest BCUT2D eigenvalue weighted by Gasteiger charge is -2.29. The normalized spacial score (nSPS) is 11.4. The Hall–Kier alpha value is -8.46. The molecular weight excluding hydrogens is 773 g/mol. The van der Waals surface area contributed by atoms with Gasteiger partial charge in [0.05, 0.1) is 16.7 Å². The smallest absolute Gasteiger partial charge is 0.0546 e. The summed E-state index contributed by atoms with van der Waals surface area (Å²) < 4.78 is 2.39. The van der Waals surface area contributed by atoms with Gasteiger partial charge in [-0.25, -0.2) is 0 Å². The SMILES string of the molecule is c1ccc(-c2ccc(-c3ccc(N(c4ccc(-n5c6ccccc6c6ccccc65)cc4)c4cc(-c5cccc6ccccc56)ccc4-c4cccc5ccccc45)cc3)cc2)cc1. The van der Waals surface area contributed by atoms with E-state index in [1.807, 2.05) is 0 Å². The largest absolute Gasteiger partial charge is 0.310 e. The van der Waals surface area contributed by atoms with Crippen LogP contribution in [0, 0.1) is 0 Å². The molecule has 0 amide bonds. The van der Waals surface area contributed by atoms with Crippen LogP contribution in [0.25, 0.3) is 93.5 Å². The number of aromatic nitrogens is 1. The van der Waals surface area contributed by atoms with Gasteiger partial charge in [-0.3, -0.25) is 0 Å². The molecule has 2 nitrogen and oxygen atoms in total. The van der Waals surface area contributed by atoms with Crippen LogP contribution in [0.3, 0.4) is 0 Å². The van der Waals surface area contributed by atoms with Gasteiger partial charge in [-0.2, -0.15) is 0 Å². The average molecular weight is 815 g/mol. The van der Waals surface area contributed by atoms with Crippen molar-refractivity contribution in [2.24, 2.45) is 0 Å². The fourth-order valence-electron chi connectivity index (χ4n) is 9.72. The number of nitrogens with zero attached hydrogens (tertiary/aromatic N) is 2.